The predicted octanol–water partition coefficient (Wildman–Crippen LogP) is 1.91. The third-order valence-electron chi connectivity index (χ3n) is 2.47. The summed E-state index contributed by atoms with van der Waals surface area (Å²) < 4.78 is 23.8. The lowest BCUT2D eigenvalue weighted by molar-refractivity contribution is 0.565. The highest BCUT2D eigenvalue weighted by Gasteiger charge is 2.19. The number of anilines is 1. The fourth-order valence-corrected chi connectivity index (χ4v) is 1.69. The molecule has 7 heteroatoms. The molecule has 3 aromatic rings. The zero-order chi connectivity index (χ0) is 12.0. The van der Waals surface area contributed by atoms with Gasteiger partial charge in [0.15, 0.2) is 5.58 Å². The van der Waals surface area contributed by atoms with Crippen molar-refractivity contribution < 1.29 is 13.2 Å². The van der Waals surface area contributed by atoms with Crippen molar-refractivity contribution in [2.24, 2.45) is 0 Å². The van der Waals surface area contributed by atoms with Crippen LogP contribution in [0.15, 0.2) is 21.3 Å². The van der Waals surface area contributed by atoms with Gasteiger partial charge in [-0.2, -0.15) is 4.98 Å². The smallest absolute Gasteiger partial charge is 0.293 e. The summed E-state index contributed by atoms with van der Waals surface area (Å²) in [5, 5.41) is 7.30. The number of halogens is 1. The number of nitrogen functional groups attached to an aromatic ring is 1. The monoisotopic (exact) mass is 234 g/mol. The number of fused-ring (bicyclic) bond motifs is 1. The van der Waals surface area contributed by atoms with Crippen molar-refractivity contribution in [2.75, 3.05) is 5.73 Å². The summed E-state index contributed by atoms with van der Waals surface area (Å²) in [5.41, 5.74) is 6.86. The number of oxazole rings is 1. The Morgan fingerprint density at radius 3 is 2.94 bits per heavy atom. The lowest BCUT2D eigenvalue weighted by Gasteiger charge is -2.02. The Kier molecular flexibility index (Phi) is 1.88. The van der Waals surface area contributed by atoms with E-state index >= 15 is 0 Å². The lowest BCUT2D eigenvalue weighted by atomic mass is 10.1. The summed E-state index contributed by atoms with van der Waals surface area (Å²) in [6.07, 6.45) is 1.16. The van der Waals surface area contributed by atoms with Crippen molar-refractivity contribution in [1.29, 1.82) is 0 Å². The molecule has 0 spiro atoms. The number of benzene rings is 1. The van der Waals surface area contributed by atoms with E-state index in [4.69, 9.17) is 14.6 Å². The van der Waals surface area contributed by atoms with Gasteiger partial charge >= 0.3 is 0 Å². The molecular formula is C10H7FN4O2. The van der Waals surface area contributed by atoms with Gasteiger partial charge in [0.2, 0.25) is 12.3 Å². The van der Waals surface area contributed by atoms with Gasteiger partial charge in [-0.3, -0.25) is 0 Å². The van der Waals surface area contributed by atoms with Crippen molar-refractivity contribution in [2.45, 2.75) is 6.92 Å². The molecule has 86 valence electrons. The molecule has 0 amide bonds. The molecule has 0 saturated heterocycles. The Morgan fingerprint density at radius 2 is 2.24 bits per heavy atom. The van der Waals surface area contributed by atoms with E-state index in [-0.39, 0.29) is 17.5 Å². The van der Waals surface area contributed by atoms with Crippen molar-refractivity contribution in [1.82, 2.24) is 15.2 Å². The Hall–Kier alpha value is -2.44. The van der Waals surface area contributed by atoms with Gasteiger partial charge in [-0.05, 0) is 12.5 Å². The molecule has 0 aliphatic rings. The van der Waals surface area contributed by atoms with Gasteiger partial charge in [0, 0.05) is 6.07 Å². The fraction of sp³-hybridized carbons (Fsp3) is 0.100. The van der Waals surface area contributed by atoms with Crippen LogP contribution in [-0.2, 0) is 0 Å². The molecule has 2 aromatic heterocycles. The van der Waals surface area contributed by atoms with Crippen LogP contribution in [0.25, 0.3) is 22.6 Å². The number of nitrogens with zero attached hydrogens (tertiary/aromatic N) is 3. The largest absolute Gasteiger partial charge is 0.424 e. The molecule has 6 nitrogen and oxygen atoms in total. The number of aromatic nitrogens is 3. The molecule has 0 atom stereocenters. The van der Waals surface area contributed by atoms with Crippen molar-refractivity contribution >= 4 is 17.1 Å². The molecule has 2 N–H and O–H groups in total. The van der Waals surface area contributed by atoms with Crippen LogP contribution in [0.5, 0.6) is 0 Å². The maximum absolute atomic E-state index is 13.7. The maximum atomic E-state index is 13.7. The zero-order valence-electron chi connectivity index (χ0n) is 8.77. The van der Waals surface area contributed by atoms with Crippen LogP contribution in [0, 0.1) is 12.7 Å². The minimum Gasteiger partial charge on any atom is -0.424 e. The minimum atomic E-state index is -0.443. The summed E-state index contributed by atoms with van der Waals surface area (Å²) >= 11 is 0. The number of hydrogen-bond donors (Lipinski definition) is 1. The first-order valence-electron chi connectivity index (χ1n) is 4.78. The fourth-order valence-electron chi connectivity index (χ4n) is 1.69. The average Bonchev–Trinajstić information content (AvgIpc) is 2.89. The van der Waals surface area contributed by atoms with E-state index in [2.05, 4.69) is 15.2 Å². The highest BCUT2D eigenvalue weighted by Crippen LogP contribution is 2.32. The third kappa shape index (κ3) is 1.36. The molecule has 0 radical (unpaired) electrons. The van der Waals surface area contributed by atoms with Crippen LogP contribution < -0.4 is 5.73 Å². The summed E-state index contributed by atoms with van der Waals surface area (Å²) in [5.74, 6) is -0.262. The van der Waals surface area contributed by atoms with Crippen LogP contribution >= 0.6 is 0 Å². The summed E-state index contributed by atoms with van der Waals surface area (Å²) in [7, 11) is 0. The van der Waals surface area contributed by atoms with E-state index in [1.165, 1.54) is 6.07 Å². The highest BCUT2D eigenvalue weighted by molar-refractivity contribution is 5.91. The van der Waals surface area contributed by atoms with Gasteiger partial charge < -0.3 is 14.6 Å². The van der Waals surface area contributed by atoms with Crippen molar-refractivity contribution in [3.05, 3.63) is 23.8 Å². The normalized spacial score (nSPS) is 11.2. The molecule has 0 saturated carbocycles. The van der Waals surface area contributed by atoms with Gasteiger partial charge in [-0.15, -0.1) is 10.2 Å². The SMILES string of the molecule is Cc1c(F)cc2oc(N)nc2c1-c1nnco1. The number of nitrogens with two attached hydrogens (primary N) is 1. The van der Waals surface area contributed by atoms with E-state index in [9.17, 15) is 4.39 Å². The Bertz CT molecular complexity index is 690. The molecule has 0 bridgehead atoms. The highest BCUT2D eigenvalue weighted by atomic mass is 19.1. The van der Waals surface area contributed by atoms with Gasteiger partial charge in [0.25, 0.3) is 6.01 Å². The zero-order valence-corrected chi connectivity index (χ0v) is 8.77. The number of hydrogen-bond acceptors (Lipinski definition) is 6. The van der Waals surface area contributed by atoms with Crippen LogP contribution in [0.3, 0.4) is 0 Å². The summed E-state index contributed by atoms with van der Waals surface area (Å²) in [6, 6.07) is 1.19. The third-order valence-corrected chi connectivity index (χ3v) is 2.47. The van der Waals surface area contributed by atoms with Gasteiger partial charge in [-0.1, -0.05) is 0 Å². The Morgan fingerprint density at radius 1 is 1.41 bits per heavy atom. The van der Waals surface area contributed by atoms with Gasteiger partial charge in [0.05, 0.1) is 5.56 Å². The first kappa shape index (κ1) is 9.76. The van der Waals surface area contributed by atoms with Crippen molar-refractivity contribution in [3.63, 3.8) is 0 Å². The molecule has 0 unspecified atom stereocenters. The molecule has 3 rings (SSSR count). The quantitative estimate of drug-likeness (QED) is 0.691. The molecule has 0 aliphatic heterocycles. The topological polar surface area (TPSA) is 91.0 Å². The van der Waals surface area contributed by atoms with Crippen LogP contribution in [0.4, 0.5) is 10.4 Å². The van der Waals surface area contributed by atoms with E-state index in [1.807, 2.05) is 0 Å². The minimum absolute atomic E-state index is 0.0363. The molecule has 17 heavy (non-hydrogen) atoms. The molecule has 0 aliphatic carbocycles. The summed E-state index contributed by atoms with van der Waals surface area (Å²) in [6.45, 7) is 1.60. The second-order valence-electron chi connectivity index (χ2n) is 3.50. The lowest BCUT2D eigenvalue weighted by Crippen LogP contribution is -1.91. The first-order chi connectivity index (χ1) is 8.16. The molecule has 1 aromatic carbocycles. The average molecular weight is 234 g/mol. The molecular weight excluding hydrogens is 227 g/mol. The standard InChI is InChI=1S/C10H7FN4O2/c1-4-5(11)2-6-8(14-10(12)17-6)7(4)9-15-13-3-16-9/h2-3H,1H3,(H2,12,14). The maximum Gasteiger partial charge on any atom is 0.293 e. The van der Waals surface area contributed by atoms with Crippen LogP contribution in [0.2, 0.25) is 0 Å². The van der Waals surface area contributed by atoms with Gasteiger partial charge in [0.1, 0.15) is 11.3 Å². The van der Waals surface area contributed by atoms with Crippen LogP contribution in [-0.4, -0.2) is 15.2 Å². The van der Waals surface area contributed by atoms with Crippen molar-refractivity contribution in [3.8, 4) is 11.5 Å². The summed E-state index contributed by atoms with van der Waals surface area (Å²) in [4.78, 5) is 3.99. The predicted molar refractivity (Wildman–Crippen MR) is 56.4 cm³/mol. The Balaban J connectivity index is 2.45. The second kappa shape index (κ2) is 3.27. The molecule has 0 fully saturated rings. The van der Waals surface area contributed by atoms with Crippen LogP contribution in [0.1, 0.15) is 5.56 Å². The Labute approximate surface area is 94.3 Å². The molecule has 2 heterocycles. The van der Waals surface area contributed by atoms with Gasteiger partial charge in [-0.25, -0.2) is 4.39 Å². The second-order valence-corrected chi connectivity index (χ2v) is 3.50. The van der Waals surface area contributed by atoms with E-state index in [0.29, 0.717) is 16.6 Å². The number of rotatable bonds is 1. The van der Waals surface area contributed by atoms with E-state index in [0.717, 1.165) is 6.39 Å². The first-order valence-corrected chi connectivity index (χ1v) is 4.78. The van der Waals surface area contributed by atoms with E-state index in [1.54, 1.807) is 6.92 Å². The van der Waals surface area contributed by atoms with E-state index < -0.39 is 5.82 Å².